The quantitative estimate of drug-likeness (QED) is 0.914. The van der Waals surface area contributed by atoms with Crippen LogP contribution in [0.25, 0.3) is 0 Å². The minimum Gasteiger partial charge on any atom is -0.329 e. The molecule has 1 aromatic rings. The van der Waals surface area contributed by atoms with Crippen LogP contribution in [0, 0.1) is 5.92 Å². The standard InChI is InChI=1S/C18H28N2/c1-2-15-6-5-10-18(12-15,14-19)20-11-9-16-7-3-4-8-17(16)13-20/h3-4,7-8,15H,2,5-6,9-14,19H2,1H3. The van der Waals surface area contributed by atoms with Crippen LogP contribution < -0.4 is 5.73 Å². The highest BCUT2D eigenvalue weighted by molar-refractivity contribution is 5.29. The first kappa shape index (κ1) is 14.1. The minimum absolute atomic E-state index is 0.270. The molecule has 1 aliphatic carbocycles. The van der Waals surface area contributed by atoms with Gasteiger partial charge in [0.25, 0.3) is 0 Å². The summed E-state index contributed by atoms with van der Waals surface area (Å²) in [6.45, 7) is 5.45. The molecule has 0 radical (unpaired) electrons. The van der Waals surface area contributed by atoms with Gasteiger partial charge in [0.05, 0.1) is 0 Å². The number of hydrogen-bond acceptors (Lipinski definition) is 2. The van der Waals surface area contributed by atoms with E-state index in [9.17, 15) is 0 Å². The van der Waals surface area contributed by atoms with Gasteiger partial charge in [0.1, 0.15) is 0 Å². The Bertz CT molecular complexity index is 456. The van der Waals surface area contributed by atoms with Gasteiger partial charge in [-0.2, -0.15) is 0 Å². The van der Waals surface area contributed by atoms with E-state index in [-0.39, 0.29) is 5.54 Å². The van der Waals surface area contributed by atoms with E-state index in [1.54, 1.807) is 5.56 Å². The van der Waals surface area contributed by atoms with Crippen molar-refractivity contribution >= 4 is 0 Å². The van der Waals surface area contributed by atoms with Crippen molar-refractivity contribution in [2.75, 3.05) is 13.1 Å². The normalized spacial score (nSPS) is 31.0. The Morgan fingerprint density at radius 2 is 2.10 bits per heavy atom. The molecule has 0 saturated heterocycles. The molecule has 2 unspecified atom stereocenters. The zero-order valence-corrected chi connectivity index (χ0v) is 12.8. The second kappa shape index (κ2) is 5.87. The number of hydrogen-bond donors (Lipinski definition) is 1. The van der Waals surface area contributed by atoms with Crippen molar-refractivity contribution in [3.05, 3.63) is 35.4 Å². The van der Waals surface area contributed by atoms with Crippen LogP contribution in [0.2, 0.25) is 0 Å². The Morgan fingerprint density at radius 3 is 2.85 bits per heavy atom. The van der Waals surface area contributed by atoms with Crippen molar-refractivity contribution in [1.29, 1.82) is 0 Å². The summed E-state index contributed by atoms with van der Waals surface area (Å²) in [7, 11) is 0. The van der Waals surface area contributed by atoms with Crippen LogP contribution in [-0.4, -0.2) is 23.5 Å². The number of rotatable bonds is 3. The summed E-state index contributed by atoms with van der Waals surface area (Å²) in [4.78, 5) is 2.71. The Labute approximate surface area is 123 Å². The van der Waals surface area contributed by atoms with Crippen LogP contribution in [0.15, 0.2) is 24.3 Å². The lowest BCUT2D eigenvalue weighted by molar-refractivity contribution is 0.0240. The van der Waals surface area contributed by atoms with Gasteiger partial charge in [-0.05, 0) is 36.3 Å². The van der Waals surface area contributed by atoms with E-state index in [1.807, 2.05) is 0 Å². The summed E-state index contributed by atoms with van der Waals surface area (Å²) in [6.07, 6.45) is 7.86. The molecule has 1 aliphatic heterocycles. The van der Waals surface area contributed by atoms with E-state index in [4.69, 9.17) is 5.73 Å². The summed E-state index contributed by atoms with van der Waals surface area (Å²) in [5.41, 5.74) is 9.59. The number of nitrogens with two attached hydrogens (primary N) is 1. The number of fused-ring (bicyclic) bond motifs is 1. The largest absolute Gasteiger partial charge is 0.329 e. The van der Waals surface area contributed by atoms with Crippen molar-refractivity contribution in [1.82, 2.24) is 4.90 Å². The maximum absolute atomic E-state index is 6.26. The third-order valence-corrected chi connectivity index (χ3v) is 5.68. The van der Waals surface area contributed by atoms with Crippen LogP contribution in [-0.2, 0) is 13.0 Å². The van der Waals surface area contributed by atoms with Crippen LogP contribution in [0.5, 0.6) is 0 Å². The van der Waals surface area contributed by atoms with Crippen LogP contribution in [0.1, 0.15) is 50.2 Å². The van der Waals surface area contributed by atoms with Crippen LogP contribution >= 0.6 is 0 Å². The van der Waals surface area contributed by atoms with E-state index < -0.39 is 0 Å². The van der Waals surface area contributed by atoms with Crippen molar-refractivity contribution in [2.24, 2.45) is 11.7 Å². The molecule has 1 heterocycles. The SMILES string of the molecule is CCC1CCCC(CN)(N2CCc3ccccc3C2)C1. The molecule has 2 N–H and O–H groups in total. The Balaban J connectivity index is 1.80. The molecule has 0 bridgehead atoms. The molecule has 20 heavy (non-hydrogen) atoms. The predicted octanol–water partition coefficient (Wildman–Crippen LogP) is 3.34. The predicted molar refractivity (Wildman–Crippen MR) is 84.6 cm³/mol. The summed E-state index contributed by atoms with van der Waals surface area (Å²) < 4.78 is 0. The molecule has 2 nitrogen and oxygen atoms in total. The van der Waals surface area contributed by atoms with Crippen molar-refractivity contribution in [3.63, 3.8) is 0 Å². The maximum atomic E-state index is 6.26. The van der Waals surface area contributed by atoms with Crippen molar-refractivity contribution in [2.45, 2.75) is 57.5 Å². The second-order valence-corrected chi connectivity index (χ2v) is 6.74. The molecular formula is C18H28N2. The number of benzene rings is 1. The zero-order chi connectivity index (χ0) is 14.0. The molecule has 1 fully saturated rings. The highest BCUT2D eigenvalue weighted by Gasteiger charge is 2.40. The molecule has 0 aromatic heterocycles. The van der Waals surface area contributed by atoms with Gasteiger partial charge in [-0.25, -0.2) is 0 Å². The lowest BCUT2D eigenvalue weighted by Crippen LogP contribution is -2.57. The Morgan fingerprint density at radius 1 is 1.30 bits per heavy atom. The second-order valence-electron chi connectivity index (χ2n) is 6.74. The Kier molecular flexibility index (Phi) is 4.13. The van der Waals surface area contributed by atoms with E-state index in [0.29, 0.717) is 0 Å². The molecule has 2 atom stereocenters. The van der Waals surface area contributed by atoms with E-state index in [0.717, 1.165) is 19.0 Å². The van der Waals surface area contributed by atoms with Crippen molar-refractivity contribution < 1.29 is 0 Å². The third-order valence-electron chi connectivity index (χ3n) is 5.68. The van der Waals surface area contributed by atoms with Gasteiger partial charge >= 0.3 is 0 Å². The van der Waals surface area contributed by atoms with Gasteiger partial charge in [0, 0.05) is 25.2 Å². The third kappa shape index (κ3) is 2.51. The molecule has 3 rings (SSSR count). The van der Waals surface area contributed by atoms with Gasteiger partial charge < -0.3 is 5.73 Å². The van der Waals surface area contributed by atoms with Gasteiger partial charge in [0.15, 0.2) is 0 Å². The van der Waals surface area contributed by atoms with Gasteiger partial charge in [-0.1, -0.05) is 50.5 Å². The molecule has 110 valence electrons. The average molecular weight is 272 g/mol. The highest BCUT2D eigenvalue weighted by Crippen LogP contribution is 2.39. The molecule has 2 aliphatic rings. The minimum atomic E-state index is 0.270. The molecular weight excluding hydrogens is 244 g/mol. The maximum Gasteiger partial charge on any atom is 0.0338 e. The fraction of sp³-hybridized carbons (Fsp3) is 0.667. The first-order valence-corrected chi connectivity index (χ1v) is 8.29. The molecule has 1 saturated carbocycles. The van der Waals surface area contributed by atoms with Gasteiger partial charge in [-0.15, -0.1) is 0 Å². The van der Waals surface area contributed by atoms with E-state index >= 15 is 0 Å². The van der Waals surface area contributed by atoms with E-state index in [1.165, 1.54) is 50.6 Å². The van der Waals surface area contributed by atoms with Crippen molar-refractivity contribution in [3.8, 4) is 0 Å². The smallest absolute Gasteiger partial charge is 0.0338 e. The number of nitrogens with zero attached hydrogens (tertiary/aromatic N) is 1. The summed E-state index contributed by atoms with van der Waals surface area (Å²) in [6, 6.07) is 8.93. The van der Waals surface area contributed by atoms with E-state index in [2.05, 4.69) is 36.1 Å². The first-order valence-electron chi connectivity index (χ1n) is 8.29. The van der Waals surface area contributed by atoms with Crippen LogP contribution in [0.4, 0.5) is 0 Å². The topological polar surface area (TPSA) is 29.3 Å². The highest BCUT2D eigenvalue weighted by atomic mass is 15.2. The fourth-order valence-corrected chi connectivity index (χ4v) is 4.31. The molecule has 0 amide bonds. The fourth-order valence-electron chi connectivity index (χ4n) is 4.31. The monoisotopic (exact) mass is 272 g/mol. The molecule has 1 aromatic carbocycles. The lowest BCUT2D eigenvalue weighted by Gasteiger charge is -2.50. The van der Waals surface area contributed by atoms with Crippen LogP contribution in [0.3, 0.4) is 0 Å². The zero-order valence-electron chi connectivity index (χ0n) is 12.8. The van der Waals surface area contributed by atoms with Gasteiger partial charge in [-0.3, -0.25) is 4.90 Å². The first-order chi connectivity index (χ1) is 9.77. The Hall–Kier alpha value is -0.860. The summed E-state index contributed by atoms with van der Waals surface area (Å²) in [5.74, 6) is 0.879. The summed E-state index contributed by atoms with van der Waals surface area (Å²) >= 11 is 0. The molecule has 2 heteroatoms. The average Bonchev–Trinajstić information content (AvgIpc) is 2.54. The lowest BCUT2D eigenvalue weighted by atomic mass is 9.73. The summed E-state index contributed by atoms with van der Waals surface area (Å²) in [5, 5.41) is 0. The molecule has 0 spiro atoms. The van der Waals surface area contributed by atoms with Gasteiger partial charge in [0.2, 0.25) is 0 Å².